The van der Waals surface area contributed by atoms with Crippen molar-refractivity contribution in [1.82, 2.24) is 14.7 Å². The minimum Gasteiger partial charge on any atom is -0.332 e. The minimum atomic E-state index is 0.0285. The highest BCUT2D eigenvalue weighted by atomic mass is 79.9. The molecule has 1 aromatic heterocycles. The standard InChI is InChI=1S/C16H20BrN3O/c1-3-20-15(11-13(2)18-20)16(21)19(10-9-17)12-14-7-5-4-6-8-14/h4-8,11H,3,9-10,12H2,1-2H3. The maximum atomic E-state index is 12.8. The van der Waals surface area contributed by atoms with E-state index in [0.29, 0.717) is 25.3 Å². The van der Waals surface area contributed by atoms with E-state index >= 15 is 0 Å². The Bertz CT molecular complexity index is 595. The highest BCUT2D eigenvalue weighted by molar-refractivity contribution is 9.09. The summed E-state index contributed by atoms with van der Waals surface area (Å²) in [6.07, 6.45) is 0. The smallest absolute Gasteiger partial charge is 0.272 e. The molecule has 0 aliphatic rings. The summed E-state index contributed by atoms with van der Waals surface area (Å²) in [5.41, 5.74) is 2.66. The van der Waals surface area contributed by atoms with Gasteiger partial charge in [0.25, 0.3) is 5.91 Å². The fourth-order valence-corrected chi connectivity index (χ4v) is 2.71. The van der Waals surface area contributed by atoms with Crippen molar-refractivity contribution in [2.24, 2.45) is 0 Å². The van der Waals surface area contributed by atoms with Crippen LogP contribution >= 0.6 is 15.9 Å². The second-order valence-electron chi connectivity index (χ2n) is 4.89. The van der Waals surface area contributed by atoms with Gasteiger partial charge in [-0.1, -0.05) is 46.3 Å². The number of aryl methyl sites for hydroxylation is 2. The Hall–Kier alpha value is -1.62. The third-order valence-electron chi connectivity index (χ3n) is 3.28. The number of carbonyl (C=O) groups excluding carboxylic acids is 1. The molecule has 0 N–H and O–H groups in total. The molecule has 0 saturated heterocycles. The van der Waals surface area contributed by atoms with Crippen LogP contribution in [0.1, 0.15) is 28.7 Å². The highest BCUT2D eigenvalue weighted by Gasteiger charge is 2.20. The van der Waals surface area contributed by atoms with Crippen LogP contribution in [0.15, 0.2) is 36.4 Å². The molecule has 0 aliphatic heterocycles. The van der Waals surface area contributed by atoms with Crippen LogP contribution in [-0.2, 0) is 13.1 Å². The molecule has 1 amide bonds. The van der Waals surface area contributed by atoms with Crippen LogP contribution < -0.4 is 0 Å². The number of nitrogens with zero attached hydrogens (tertiary/aromatic N) is 3. The van der Waals surface area contributed by atoms with Crippen molar-refractivity contribution in [3.8, 4) is 0 Å². The van der Waals surface area contributed by atoms with Gasteiger partial charge in [-0.05, 0) is 25.5 Å². The number of amides is 1. The Morgan fingerprint density at radius 3 is 2.67 bits per heavy atom. The second kappa shape index (κ2) is 7.41. The summed E-state index contributed by atoms with van der Waals surface area (Å²) >= 11 is 3.43. The van der Waals surface area contributed by atoms with Crippen molar-refractivity contribution in [1.29, 1.82) is 0 Å². The van der Waals surface area contributed by atoms with Gasteiger partial charge in [-0.15, -0.1) is 0 Å². The first-order valence-electron chi connectivity index (χ1n) is 7.09. The van der Waals surface area contributed by atoms with E-state index in [1.165, 1.54) is 0 Å². The van der Waals surface area contributed by atoms with Gasteiger partial charge in [0, 0.05) is 25.0 Å². The van der Waals surface area contributed by atoms with Crippen molar-refractivity contribution >= 4 is 21.8 Å². The van der Waals surface area contributed by atoms with E-state index in [0.717, 1.165) is 16.6 Å². The average Bonchev–Trinajstić information content (AvgIpc) is 2.88. The predicted molar refractivity (Wildman–Crippen MR) is 87.6 cm³/mol. The summed E-state index contributed by atoms with van der Waals surface area (Å²) in [5.74, 6) is 0.0285. The summed E-state index contributed by atoms with van der Waals surface area (Å²) in [6.45, 7) is 5.88. The molecular weight excluding hydrogens is 330 g/mol. The van der Waals surface area contributed by atoms with Crippen LogP contribution in [0, 0.1) is 6.92 Å². The van der Waals surface area contributed by atoms with E-state index in [1.807, 2.05) is 55.1 Å². The van der Waals surface area contributed by atoms with Crippen molar-refractivity contribution in [2.45, 2.75) is 26.9 Å². The molecule has 1 aromatic carbocycles. The third-order valence-corrected chi connectivity index (χ3v) is 3.63. The minimum absolute atomic E-state index is 0.0285. The molecule has 5 heteroatoms. The Kier molecular flexibility index (Phi) is 5.56. The molecule has 2 aromatic rings. The fourth-order valence-electron chi connectivity index (χ4n) is 2.28. The summed E-state index contributed by atoms with van der Waals surface area (Å²) in [4.78, 5) is 14.6. The zero-order chi connectivity index (χ0) is 15.2. The number of hydrogen-bond donors (Lipinski definition) is 0. The Morgan fingerprint density at radius 1 is 1.33 bits per heavy atom. The monoisotopic (exact) mass is 349 g/mol. The topological polar surface area (TPSA) is 38.1 Å². The zero-order valence-electron chi connectivity index (χ0n) is 12.4. The van der Waals surface area contributed by atoms with E-state index < -0.39 is 0 Å². The Morgan fingerprint density at radius 2 is 2.05 bits per heavy atom. The van der Waals surface area contributed by atoms with Crippen LogP contribution in [-0.4, -0.2) is 32.5 Å². The second-order valence-corrected chi connectivity index (χ2v) is 5.68. The van der Waals surface area contributed by atoms with Gasteiger partial charge in [0.05, 0.1) is 5.69 Å². The first-order chi connectivity index (χ1) is 10.2. The molecule has 0 saturated carbocycles. The number of alkyl halides is 1. The lowest BCUT2D eigenvalue weighted by Gasteiger charge is -2.22. The van der Waals surface area contributed by atoms with Crippen LogP contribution in [0.4, 0.5) is 0 Å². The van der Waals surface area contributed by atoms with E-state index in [-0.39, 0.29) is 5.91 Å². The van der Waals surface area contributed by atoms with Gasteiger partial charge in [0.2, 0.25) is 0 Å². The average molecular weight is 350 g/mol. The van der Waals surface area contributed by atoms with Gasteiger partial charge in [-0.25, -0.2) is 0 Å². The molecule has 112 valence electrons. The molecule has 0 bridgehead atoms. The fraction of sp³-hybridized carbons (Fsp3) is 0.375. The van der Waals surface area contributed by atoms with E-state index in [2.05, 4.69) is 21.0 Å². The molecule has 0 unspecified atom stereocenters. The molecule has 4 nitrogen and oxygen atoms in total. The van der Waals surface area contributed by atoms with Crippen LogP contribution in [0.5, 0.6) is 0 Å². The molecule has 0 spiro atoms. The summed E-state index contributed by atoms with van der Waals surface area (Å²) in [5, 5.41) is 5.11. The number of halogens is 1. The van der Waals surface area contributed by atoms with Crippen LogP contribution in [0.3, 0.4) is 0 Å². The van der Waals surface area contributed by atoms with Crippen LogP contribution in [0.2, 0.25) is 0 Å². The lowest BCUT2D eigenvalue weighted by atomic mass is 10.2. The van der Waals surface area contributed by atoms with Crippen molar-refractivity contribution in [2.75, 3.05) is 11.9 Å². The molecule has 2 rings (SSSR count). The Balaban J connectivity index is 2.22. The number of benzene rings is 1. The number of carbonyl (C=O) groups is 1. The third kappa shape index (κ3) is 3.94. The first-order valence-corrected chi connectivity index (χ1v) is 8.21. The lowest BCUT2D eigenvalue weighted by Crippen LogP contribution is -2.33. The van der Waals surface area contributed by atoms with Gasteiger partial charge < -0.3 is 4.90 Å². The highest BCUT2D eigenvalue weighted by Crippen LogP contribution is 2.12. The van der Waals surface area contributed by atoms with Gasteiger partial charge in [-0.2, -0.15) is 5.10 Å². The molecule has 21 heavy (non-hydrogen) atoms. The van der Waals surface area contributed by atoms with Gasteiger partial charge in [0.1, 0.15) is 5.69 Å². The largest absolute Gasteiger partial charge is 0.332 e. The molecule has 0 aliphatic carbocycles. The zero-order valence-corrected chi connectivity index (χ0v) is 14.0. The quantitative estimate of drug-likeness (QED) is 0.750. The SMILES string of the molecule is CCn1nc(C)cc1C(=O)N(CCBr)Cc1ccccc1. The van der Waals surface area contributed by atoms with Gasteiger partial charge in [0.15, 0.2) is 0 Å². The van der Waals surface area contributed by atoms with Crippen molar-refractivity contribution < 1.29 is 4.79 Å². The number of aromatic nitrogens is 2. The molecule has 0 fully saturated rings. The van der Waals surface area contributed by atoms with E-state index in [1.54, 1.807) is 4.68 Å². The van der Waals surface area contributed by atoms with E-state index in [9.17, 15) is 4.79 Å². The van der Waals surface area contributed by atoms with E-state index in [4.69, 9.17) is 0 Å². The molecule has 1 heterocycles. The molecular formula is C16H20BrN3O. The molecule has 0 radical (unpaired) electrons. The van der Waals surface area contributed by atoms with Crippen LogP contribution in [0.25, 0.3) is 0 Å². The summed E-state index contributed by atoms with van der Waals surface area (Å²) in [7, 11) is 0. The van der Waals surface area contributed by atoms with Gasteiger partial charge >= 0.3 is 0 Å². The maximum absolute atomic E-state index is 12.8. The number of rotatable bonds is 6. The van der Waals surface area contributed by atoms with Crippen molar-refractivity contribution in [3.05, 3.63) is 53.3 Å². The lowest BCUT2D eigenvalue weighted by molar-refractivity contribution is 0.0742. The summed E-state index contributed by atoms with van der Waals surface area (Å²) in [6, 6.07) is 11.9. The normalized spacial score (nSPS) is 10.6. The first kappa shape index (κ1) is 15.8. The van der Waals surface area contributed by atoms with Gasteiger partial charge in [-0.3, -0.25) is 9.48 Å². The Labute approximate surface area is 133 Å². The molecule has 0 atom stereocenters. The number of hydrogen-bond acceptors (Lipinski definition) is 2. The summed E-state index contributed by atoms with van der Waals surface area (Å²) < 4.78 is 1.77. The maximum Gasteiger partial charge on any atom is 0.272 e. The predicted octanol–water partition coefficient (Wildman–Crippen LogP) is 3.25. The van der Waals surface area contributed by atoms with Crippen molar-refractivity contribution in [3.63, 3.8) is 0 Å².